The standard InChI is InChI=1S/C13H21N3O4/c1-8(17)10(11(14)19)16-7-13(12(16)20)4-3-5-15(6-13)9(2)18/h8,10,17H,3-7H2,1-2H3,(H2,14,19)/t8-,10+,13?/m1/s1. The topological polar surface area (TPSA) is 104 Å². The molecule has 7 heteroatoms. The molecule has 20 heavy (non-hydrogen) atoms. The van der Waals surface area contributed by atoms with Gasteiger partial charge in [0.1, 0.15) is 6.04 Å². The zero-order valence-corrected chi connectivity index (χ0v) is 11.8. The summed E-state index contributed by atoms with van der Waals surface area (Å²) in [7, 11) is 0. The minimum absolute atomic E-state index is 0.0442. The van der Waals surface area contributed by atoms with E-state index in [1.807, 2.05) is 0 Å². The predicted octanol–water partition coefficient (Wildman–Crippen LogP) is -1.31. The van der Waals surface area contributed by atoms with Gasteiger partial charge in [-0.05, 0) is 19.8 Å². The summed E-state index contributed by atoms with van der Waals surface area (Å²) in [5.41, 5.74) is 4.66. The lowest BCUT2D eigenvalue weighted by Gasteiger charge is -2.55. The average Bonchev–Trinajstić information content (AvgIpc) is 2.37. The van der Waals surface area contributed by atoms with Gasteiger partial charge in [0.25, 0.3) is 0 Å². The Labute approximate surface area is 117 Å². The number of β-lactam (4-membered cyclic amide) rings is 1. The minimum Gasteiger partial charge on any atom is -0.391 e. The third-order valence-electron chi connectivity index (χ3n) is 4.29. The Morgan fingerprint density at radius 1 is 1.40 bits per heavy atom. The number of nitrogens with two attached hydrogens (primary N) is 1. The highest BCUT2D eigenvalue weighted by atomic mass is 16.3. The van der Waals surface area contributed by atoms with Gasteiger partial charge in [0.15, 0.2) is 0 Å². The van der Waals surface area contributed by atoms with Gasteiger partial charge in [0.05, 0.1) is 11.5 Å². The van der Waals surface area contributed by atoms with Crippen molar-refractivity contribution in [2.24, 2.45) is 11.1 Å². The number of hydrogen-bond donors (Lipinski definition) is 2. The molecule has 3 amide bonds. The Balaban J connectivity index is 2.10. The highest BCUT2D eigenvalue weighted by molar-refractivity contribution is 5.95. The van der Waals surface area contributed by atoms with E-state index in [4.69, 9.17) is 5.73 Å². The molecule has 0 radical (unpaired) electrons. The fourth-order valence-corrected chi connectivity index (χ4v) is 3.26. The van der Waals surface area contributed by atoms with Crippen molar-refractivity contribution in [1.29, 1.82) is 0 Å². The van der Waals surface area contributed by atoms with Crippen molar-refractivity contribution < 1.29 is 19.5 Å². The maximum absolute atomic E-state index is 12.4. The van der Waals surface area contributed by atoms with Gasteiger partial charge in [-0.3, -0.25) is 14.4 Å². The molecule has 0 aromatic rings. The highest BCUT2D eigenvalue weighted by Gasteiger charge is 2.57. The van der Waals surface area contributed by atoms with Crippen LogP contribution in [0.4, 0.5) is 0 Å². The van der Waals surface area contributed by atoms with Gasteiger partial charge in [0.2, 0.25) is 17.7 Å². The zero-order valence-electron chi connectivity index (χ0n) is 11.8. The molecule has 0 aromatic carbocycles. The highest BCUT2D eigenvalue weighted by Crippen LogP contribution is 2.41. The van der Waals surface area contributed by atoms with Crippen LogP contribution in [0.2, 0.25) is 0 Å². The maximum Gasteiger partial charge on any atom is 0.242 e. The van der Waals surface area contributed by atoms with Crippen LogP contribution in [0, 0.1) is 5.41 Å². The molecule has 0 saturated carbocycles. The first kappa shape index (κ1) is 14.8. The average molecular weight is 283 g/mol. The monoisotopic (exact) mass is 283 g/mol. The number of carbonyl (C=O) groups excluding carboxylic acids is 3. The van der Waals surface area contributed by atoms with E-state index in [2.05, 4.69) is 0 Å². The molecule has 2 heterocycles. The molecule has 0 aromatic heterocycles. The van der Waals surface area contributed by atoms with Crippen molar-refractivity contribution >= 4 is 17.7 Å². The Bertz CT molecular complexity index is 451. The summed E-state index contributed by atoms with van der Waals surface area (Å²) in [6, 6.07) is -0.985. The lowest BCUT2D eigenvalue weighted by atomic mass is 9.71. The number of aliphatic hydroxyl groups is 1. The van der Waals surface area contributed by atoms with Gasteiger partial charge in [-0.15, -0.1) is 0 Å². The Morgan fingerprint density at radius 3 is 2.50 bits per heavy atom. The zero-order chi connectivity index (χ0) is 15.1. The molecule has 2 saturated heterocycles. The van der Waals surface area contributed by atoms with Crippen molar-refractivity contribution in [2.75, 3.05) is 19.6 Å². The lowest BCUT2D eigenvalue weighted by molar-refractivity contribution is -0.178. The number of likely N-dealkylation sites (tertiary alicyclic amines) is 2. The summed E-state index contributed by atoms with van der Waals surface area (Å²) in [6.45, 7) is 4.36. The van der Waals surface area contributed by atoms with Crippen LogP contribution in [0.3, 0.4) is 0 Å². The summed E-state index contributed by atoms with van der Waals surface area (Å²) in [4.78, 5) is 38.2. The molecule has 1 spiro atoms. The van der Waals surface area contributed by atoms with E-state index < -0.39 is 23.5 Å². The molecule has 2 fully saturated rings. The summed E-state index contributed by atoms with van der Waals surface area (Å²) < 4.78 is 0. The molecular weight excluding hydrogens is 262 g/mol. The van der Waals surface area contributed by atoms with Crippen LogP contribution in [0.1, 0.15) is 26.7 Å². The molecule has 7 nitrogen and oxygen atoms in total. The van der Waals surface area contributed by atoms with Gasteiger partial charge in [-0.2, -0.15) is 0 Å². The van der Waals surface area contributed by atoms with Gasteiger partial charge < -0.3 is 20.6 Å². The second-order valence-electron chi connectivity index (χ2n) is 5.85. The third-order valence-corrected chi connectivity index (χ3v) is 4.29. The number of nitrogens with zero attached hydrogens (tertiary/aromatic N) is 2. The van der Waals surface area contributed by atoms with Crippen molar-refractivity contribution in [3.63, 3.8) is 0 Å². The second kappa shape index (κ2) is 5.05. The van der Waals surface area contributed by atoms with Gasteiger partial charge in [-0.25, -0.2) is 0 Å². The summed E-state index contributed by atoms with van der Waals surface area (Å²) in [6.07, 6.45) is 0.480. The maximum atomic E-state index is 12.4. The molecule has 2 aliphatic heterocycles. The number of aliphatic hydroxyl groups excluding tert-OH is 1. The fraction of sp³-hybridized carbons (Fsp3) is 0.769. The van der Waals surface area contributed by atoms with E-state index in [0.717, 1.165) is 6.42 Å². The molecule has 0 bridgehead atoms. The van der Waals surface area contributed by atoms with Crippen molar-refractivity contribution in [1.82, 2.24) is 9.80 Å². The molecule has 3 N–H and O–H groups in total. The van der Waals surface area contributed by atoms with Crippen LogP contribution in [0.15, 0.2) is 0 Å². The predicted molar refractivity (Wildman–Crippen MR) is 70.3 cm³/mol. The molecule has 2 aliphatic rings. The molecular formula is C13H21N3O4. The van der Waals surface area contributed by atoms with Crippen LogP contribution in [0.25, 0.3) is 0 Å². The molecule has 1 unspecified atom stereocenters. The van der Waals surface area contributed by atoms with Crippen molar-refractivity contribution in [3.8, 4) is 0 Å². The number of amides is 3. The van der Waals surface area contributed by atoms with Crippen LogP contribution < -0.4 is 5.73 Å². The summed E-state index contributed by atoms with van der Waals surface area (Å²) in [5, 5.41) is 9.60. The minimum atomic E-state index is -0.999. The molecule has 0 aliphatic carbocycles. The summed E-state index contributed by atoms with van der Waals surface area (Å²) in [5.74, 6) is -0.937. The van der Waals surface area contributed by atoms with E-state index in [1.54, 1.807) is 4.90 Å². The number of hydrogen-bond acceptors (Lipinski definition) is 4. The Kier molecular flexibility index (Phi) is 3.73. The fourth-order valence-electron chi connectivity index (χ4n) is 3.26. The van der Waals surface area contributed by atoms with E-state index in [9.17, 15) is 19.5 Å². The van der Waals surface area contributed by atoms with Crippen LogP contribution in [-0.2, 0) is 14.4 Å². The van der Waals surface area contributed by atoms with Crippen LogP contribution in [0.5, 0.6) is 0 Å². The number of rotatable bonds is 3. The first-order valence-electron chi connectivity index (χ1n) is 6.82. The smallest absolute Gasteiger partial charge is 0.242 e. The first-order valence-corrected chi connectivity index (χ1v) is 6.82. The largest absolute Gasteiger partial charge is 0.391 e. The Morgan fingerprint density at radius 2 is 2.05 bits per heavy atom. The van der Waals surface area contributed by atoms with E-state index >= 15 is 0 Å². The SMILES string of the molecule is CC(=O)N1CCCC2(C1)CN([C@H](C(N)=O)[C@@H](C)O)C2=O. The normalized spacial score (nSPS) is 29.1. The van der Waals surface area contributed by atoms with E-state index in [-0.39, 0.29) is 11.8 Å². The Hall–Kier alpha value is -1.63. The lowest BCUT2D eigenvalue weighted by Crippen LogP contribution is -2.72. The van der Waals surface area contributed by atoms with E-state index in [0.29, 0.717) is 26.1 Å². The van der Waals surface area contributed by atoms with Crippen LogP contribution in [-0.4, -0.2) is 64.4 Å². The number of primary amides is 1. The van der Waals surface area contributed by atoms with Crippen LogP contribution >= 0.6 is 0 Å². The van der Waals surface area contributed by atoms with Gasteiger partial charge in [-0.1, -0.05) is 0 Å². The third kappa shape index (κ3) is 2.26. The number of piperidine rings is 1. The van der Waals surface area contributed by atoms with E-state index in [1.165, 1.54) is 18.7 Å². The second-order valence-corrected chi connectivity index (χ2v) is 5.85. The summed E-state index contributed by atoms with van der Waals surface area (Å²) >= 11 is 0. The molecule has 112 valence electrons. The molecule has 2 rings (SSSR count). The number of carbonyl (C=O) groups is 3. The van der Waals surface area contributed by atoms with Crippen molar-refractivity contribution in [2.45, 2.75) is 38.8 Å². The van der Waals surface area contributed by atoms with Crippen molar-refractivity contribution in [3.05, 3.63) is 0 Å². The van der Waals surface area contributed by atoms with Gasteiger partial charge in [0, 0.05) is 26.6 Å². The molecule has 3 atom stereocenters. The first-order chi connectivity index (χ1) is 9.28. The van der Waals surface area contributed by atoms with Gasteiger partial charge >= 0.3 is 0 Å². The quantitative estimate of drug-likeness (QED) is 0.628.